The smallest absolute Gasteiger partial charge is 0.251 e. The molecule has 0 radical (unpaired) electrons. The van der Waals surface area contributed by atoms with Gasteiger partial charge in [0, 0.05) is 18.7 Å². The third-order valence-electron chi connectivity index (χ3n) is 2.20. The fraction of sp³-hybridized carbons (Fsp3) is 0.333. The number of fused-ring (bicyclic) bond motifs is 1. The molecule has 4 nitrogen and oxygen atoms in total. The predicted molar refractivity (Wildman–Crippen MR) is 48.7 cm³/mol. The van der Waals surface area contributed by atoms with Crippen LogP contribution in [-0.2, 0) is 7.05 Å². The van der Waals surface area contributed by atoms with Gasteiger partial charge in [0.2, 0.25) is 0 Å². The third-order valence-corrected chi connectivity index (χ3v) is 2.20. The average Bonchev–Trinajstić information content (AvgIpc) is 2.44. The molecule has 0 amide bonds. The lowest BCUT2D eigenvalue weighted by atomic mass is 10.2. The monoisotopic (exact) mass is 178 g/mol. The Kier molecular flexibility index (Phi) is 1.52. The highest BCUT2D eigenvalue weighted by Crippen LogP contribution is 2.18. The normalized spacial score (nSPS) is 11.0. The second kappa shape index (κ2) is 2.45. The molecule has 0 aliphatic rings. The average molecular weight is 178 g/mol. The van der Waals surface area contributed by atoms with E-state index >= 15 is 0 Å². The maximum absolute atomic E-state index is 11.4. The Balaban J connectivity index is 3.09. The highest BCUT2D eigenvalue weighted by Gasteiger charge is 2.10. The molecule has 2 aromatic heterocycles. The first-order chi connectivity index (χ1) is 6.11. The van der Waals surface area contributed by atoms with Crippen LogP contribution in [0.15, 0.2) is 15.4 Å². The maximum Gasteiger partial charge on any atom is 0.251 e. The maximum atomic E-state index is 11.4. The van der Waals surface area contributed by atoms with Crippen LogP contribution < -0.4 is 5.56 Å². The van der Waals surface area contributed by atoms with Crippen LogP contribution in [0.4, 0.5) is 0 Å². The lowest BCUT2D eigenvalue weighted by Crippen LogP contribution is -2.16. The molecular formula is C9H10N2O2. The first-order valence-corrected chi connectivity index (χ1v) is 4.04. The van der Waals surface area contributed by atoms with Crippen molar-refractivity contribution in [2.75, 3.05) is 0 Å². The zero-order valence-corrected chi connectivity index (χ0v) is 7.79. The summed E-state index contributed by atoms with van der Waals surface area (Å²) in [7, 11) is 1.72. The summed E-state index contributed by atoms with van der Waals surface area (Å²) in [6.45, 7) is 3.67. The molecule has 0 spiro atoms. The van der Waals surface area contributed by atoms with Gasteiger partial charge in [0.15, 0.2) is 5.58 Å². The molecule has 2 rings (SSSR count). The van der Waals surface area contributed by atoms with E-state index < -0.39 is 0 Å². The Morgan fingerprint density at radius 2 is 2.15 bits per heavy atom. The van der Waals surface area contributed by atoms with Gasteiger partial charge in [-0.3, -0.25) is 4.79 Å². The van der Waals surface area contributed by atoms with Crippen molar-refractivity contribution in [2.45, 2.75) is 13.8 Å². The molecule has 0 unspecified atom stereocenters. The van der Waals surface area contributed by atoms with Crippen molar-refractivity contribution in [3.05, 3.63) is 27.7 Å². The van der Waals surface area contributed by atoms with Crippen LogP contribution in [0.3, 0.4) is 0 Å². The van der Waals surface area contributed by atoms with Crippen molar-refractivity contribution in [1.82, 2.24) is 9.72 Å². The van der Waals surface area contributed by atoms with E-state index in [1.165, 1.54) is 0 Å². The lowest BCUT2D eigenvalue weighted by Gasteiger charge is -1.99. The summed E-state index contributed by atoms with van der Waals surface area (Å²) >= 11 is 0. The molecule has 0 aliphatic carbocycles. The van der Waals surface area contributed by atoms with Gasteiger partial charge in [-0.1, -0.05) is 5.16 Å². The number of hydrogen-bond donors (Lipinski definition) is 0. The van der Waals surface area contributed by atoms with E-state index in [9.17, 15) is 4.79 Å². The predicted octanol–water partition coefficient (Wildman–Crippen LogP) is 1.14. The Morgan fingerprint density at radius 3 is 2.85 bits per heavy atom. The molecular weight excluding hydrogens is 168 g/mol. The summed E-state index contributed by atoms with van der Waals surface area (Å²) < 4.78 is 6.66. The molecule has 2 heterocycles. The van der Waals surface area contributed by atoms with Crippen LogP contribution in [-0.4, -0.2) is 9.72 Å². The minimum Gasteiger partial charge on any atom is -0.354 e. The van der Waals surface area contributed by atoms with Crippen molar-refractivity contribution in [1.29, 1.82) is 0 Å². The standard InChI is InChI=1S/C9H10N2O2/c1-5-4-7(12)11(3)8-6(2)10-13-9(5)8/h4H,1-3H3. The minimum atomic E-state index is -0.0312. The van der Waals surface area contributed by atoms with Gasteiger partial charge in [-0.2, -0.15) is 0 Å². The van der Waals surface area contributed by atoms with E-state index in [0.29, 0.717) is 5.58 Å². The molecule has 0 fully saturated rings. The highest BCUT2D eigenvalue weighted by molar-refractivity contribution is 5.78. The number of aromatic nitrogens is 2. The molecule has 68 valence electrons. The van der Waals surface area contributed by atoms with Crippen molar-refractivity contribution in [3.63, 3.8) is 0 Å². The molecule has 13 heavy (non-hydrogen) atoms. The van der Waals surface area contributed by atoms with Crippen LogP contribution >= 0.6 is 0 Å². The Hall–Kier alpha value is -1.58. The molecule has 0 saturated heterocycles. The van der Waals surface area contributed by atoms with Crippen LogP contribution in [0.2, 0.25) is 0 Å². The Bertz CT molecular complexity index is 522. The van der Waals surface area contributed by atoms with Crippen LogP contribution in [0, 0.1) is 13.8 Å². The van der Waals surface area contributed by atoms with Gasteiger partial charge in [-0.05, 0) is 13.8 Å². The van der Waals surface area contributed by atoms with E-state index in [-0.39, 0.29) is 5.56 Å². The largest absolute Gasteiger partial charge is 0.354 e. The van der Waals surface area contributed by atoms with Gasteiger partial charge in [-0.15, -0.1) is 0 Å². The molecule has 2 aromatic rings. The fourth-order valence-corrected chi connectivity index (χ4v) is 1.48. The van der Waals surface area contributed by atoms with Crippen molar-refractivity contribution in [3.8, 4) is 0 Å². The topological polar surface area (TPSA) is 48.0 Å². The zero-order chi connectivity index (χ0) is 9.59. The summed E-state index contributed by atoms with van der Waals surface area (Å²) in [5, 5.41) is 3.82. The summed E-state index contributed by atoms with van der Waals surface area (Å²) in [5.41, 5.74) is 3.03. The fourth-order valence-electron chi connectivity index (χ4n) is 1.48. The number of aryl methyl sites for hydroxylation is 3. The molecule has 0 bridgehead atoms. The van der Waals surface area contributed by atoms with Crippen molar-refractivity contribution in [2.24, 2.45) is 7.05 Å². The lowest BCUT2D eigenvalue weighted by molar-refractivity contribution is 0.449. The first kappa shape index (κ1) is 8.04. The quantitative estimate of drug-likeness (QED) is 0.607. The van der Waals surface area contributed by atoms with E-state index in [0.717, 1.165) is 16.8 Å². The van der Waals surface area contributed by atoms with Gasteiger partial charge in [-0.25, -0.2) is 0 Å². The SMILES string of the molecule is Cc1cc(=O)n(C)c2c(C)noc12. The third kappa shape index (κ3) is 0.983. The molecule has 0 aromatic carbocycles. The van der Waals surface area contributed by atoms with Gasteiger partial charge in [0.1, 0.15) is 11.2 Å². The molecule has 4 heteroatoms. The Morgan fingerprint density at radius 1 is 1.46 bits per heavy atom. The van der Waals surface area contributed by atoms with Gasteiger partial charge >= 0.3 is 0 Å². The molecule has 0 saturated carbocycles. The summed E-state index contributed by atoms with van der Waals surface area (Å²) in [4.78, 5) is 11.4. The molecule has 0 aliphatic heterocycles. The number of nitrogens with zero attached hydrogens (tertiary/aromatic N) is 2. The minimum absolute atomic E-state index is 0.0312. The Labute approximate surface area is 74.8 Å². The van der Waals surface area contributed by atoms with E-state index in [1.54, 1.807) is 17.7 Å². The summed E-state index contributed by atoms with van der Waals surface area (Å²) in [6, 6.07) is 1.55. The van der Waals surface area contributed by atoms with E-state index in [4.69, 9.17) is 4.52 Å². The highest BCUT2D eigenvalue weighted by atomic mass is 16.5. The second-order valence-corrected chi connectivity index (χ2v) is 3.17. The number of hydrogen-bond acceptors (Lipinski definition) is 3. The van der Waals surface area contributed by atoms with Crippen LogP contribution in [0.1, 0.15) is 11.3 Å². The van der Waals surface area contributed by atoms with Crippen molar-refractivity contribution < 1.29 is 4.52 Å². The van der Waals surface area contributed by atoms with Crippen LogP contribution in [0.5, 0.6) is 0 Å². The van der Waals surface area contributed by atoms with Crippen molar-refractivity contribution >= 4 is 11.1 Å². The molecule has 0 atom stereocenters. The zero-order valence-electron chi connectivity index (χ0n) is 7.79. The van der Waals surface area contributed by atoms with Gasteiger partial charge in [0.05, 0.1) is 0 Å². The summed E-state index contributed by atoms with van der Waals surface area (Å²) in [6.07, 6.45) is 0. The summed E-state index contributed by atoms with van der Waals surface area (Å²) in [5.74, 6) is 0. The van der Waals surface area contributed by atoms with E-state index in [2.05, 4.69) is 5.16 Å². The van der Waals surface area contributed by atoms with Gasteiger partial charge in [0.25, 0.3) is 5.56 Å². The van der Waals surface area contributed by atoms with E-state index in [1.807, 2.05) is 13.8 Å². The number of rotatable bonds is 0. The second-order valence-electron chi connectivity index (χ2n) is 3.17. The molecule has 0 N–H and O–H groups in total. The van der Waals surface area contributed by atoms with Gasteiger partial charge < -0.3 is 9.09 Å². The first-order valence-electron chi connectivity index (χ1n) is 4.04. The number of pyridine rings is 1. The van der Waals surface area contributed by atoms with Crippen LogP contribution in [0.25, 0.3) is 11.1 Å².